The Morgan fingerprint density at radius 3 is 2.14 bits per heavy atom. The van der Waals surface area contributed by atoms with Crippen LogP contribution in [0, 0.1) is 5.82 Å². The summed E-state index contributed by atoms with van der Waals surface area (Å²) < 4.78 is 61.0. The molecule has 5 aromatic rings. The maximum atomic E-state index is 13.6. The number of ether oxygens (including phenoxy) is 1. The molecule has 228 valence electrons. The lowest BCUT2D eigenvalue weighted by Gasteiger charge is -2.17. The number of aromatic nitrogens is 5. The molecule has 0 fully saturated rings. The minimum atomic E-state index is -5.12. The number of imidazole rings is 1. The molecule has 0 unspecified atom stereocenters. The molecule has 0 radical (unpaired) electrons. The quantitative estimate of drug-likeness (QED) is 0.231. The van der Waals surface area contributed by atoms with Crippen molar-refractivity contribution in [3.8, 4) is 5.75 Å². The molecule has 3 aromatic carbocycles. The van der Waals surface area contributed by atoms with E-state index in [0.29, 0.717) is 27.9 Å². The van der Waals surface area contributed by atoms with Crippen molar-refractivity contribution in [2.45, 2.75) is 25.8 Å². The minimum absolute atomic E-state index is 0.00273. The second-order valence-electron chi connectivity index (χ2n) is 9.60. The summed E-state index contributed by atoms with van der Waals surface area (Å²) in [4.78, 5) is 46.5. The number of hydrogen-bond acceptors (Lipinski definition) is 7. The molecular weight excluding hydrogens is 586 g/mol. The predicted octanol–water partition coefficient (Wildman–Crippen LogP) is 3.61. The van der Waals surface area contributed by atoms with Crippen molar-refractivity contribution in [1.82, 2.24) is 23.7 Å². The molecule has 0 saturated carbocycles. The second kappa shape index (κ2) is 12.4. The van der Waals surface area contributed by atoms with Crippen LogP contribution in [-0.2, 0) is 24.4 Å². The van der Waals surface area contributed by atoms with Crippen molar-refractivity contribution >= 4 is 28.8 Å². The summed E-state index contributed by atoms with van der Waals surface area (Å²) in [6.07, 6.45) is -5.12. The standard InChI is InChI=1S/C29H25F4N7O4/c1-44-21-12-8-19(9-13-21)16-39-25(37-27(42)40(28(39)43)17-18-6-10-20(30)11-7-18)34-14-15-38-23-5-3-2-4-22(23)35-26(38)36-24(41)29(31,32)33/h2-13H,14-17H2,1H3,(H,34,37,42)(H,35,36,41). The van der Waals surface area contributed by atoms with Gasteiger partial charge in [-0.25, -0.2) is 23.5 Å². The van der Waals surface area contributed by atoms with Gasteiger partial charge in [0.1, 0.15) is 11.6 Å². The highest BCUT2D eigenvalue weighted by Crippen LogP contribution is 2.23. The van der Waals surface area contributed by atoms with Crippen molar-refractivity contribution in [2.24, 2.45) is 0 Å². The third-order valence-electron chi connectivity index (χ3n) is 6.66. The van der Waals surface area contributed by atoms with Crippen LogP contribution in [0.5, 0.6) is 5.75 Å². The lowest BCUT2D eigenvalue weighted by molar-refractivity contribution is -0.167. The minimum Gasteiger partial charge on any atom is -0.497 e. The Morgan fingerprint density at radius 2 is 1.48 bits per heavy atom. The maximum Gasteiger partial charge on any atom is 0.471 e. The van der Waals surface area contributed by atoms with Crippen LogP contribution in [0.1, 0.15) is 11.1 Å². The van der Waals surface area contributed by atoms with E-state index in [1.807, 2.05) is 0 Å². The lowest BCUT2D eigenvalue weighted by Crippen LogP contribution is -2.43. The Hall–Kier alpha value is -5.47. The Kier molecular flexibility index (Phi) is 8.46. The maximum absolute atomic E-state index is 13.6. The summed E-state index contributed by atoms with van der Waals surface area (Å²) in [7, 11) is 1.51. The van der Waals surface area contributed by atoms with Crippen LogP contribution in [0.3, 0.4) is 0 Å². The number of nitrogens with one attached hydrogen (secondary N) is 2. The molecule has 2 heterocycles. The first-order valence-corrected chi connectivity index (χ1v) is 13.2. The van der Waals surface area contributed by atoms with Gasteiger partial charge in [-0.3, -0.25) is 14.7 Å². The number of alkyl halides is 3. The van der Waals surface area contributed by atoms with Gasteiger partial charge < -0.3 is 14.6 Å². The number of fused-ring (bicyclic) bond motifs is 1. The largest absolute Gasteiger partial charge is 0.497 e. The topological polar surface area (TPSA) is 125 Å². The van der Waals surface area contributed by atoms with Crippen molar-refractivity contribution in [3.63, 3.8) is 0 Å². The summed E-state index contributed by atoms with van der Waals surface area (Å²) in [5, 5.41) is 4.73. The van der Waals surface area contributed by atoms with Gasteiger partial charge in [0.2, 0.25) is 11.9 Å². The van der Waals surface area contributed by atoms with E-state index in [0.717, 1.165) is 4.57 Å². The zero-order chi connectivity index (χ0) is 31.4. The van der Waals surface area contributed by atoms with E-state index in [9.17, 15) is 31.9 Å². The average molecular weight is 612 g/mol. The van der Waals surface area contributed by atoms with Crippen LogP contribution in [0.15, 0.2) is 82.4 Å². The zero-order valence-electron chi connectivity index (χ0n) is 23.1. The predicted molar refractivity (Wildman–Crippen MR) is 153 cm³/mol. The molecule has 2 aromatic heterocycles. The Bertz CT molecular complexity index is 1910. The molecule has 0 spiro atoms. The molecule has 0 atom stereocenters. The summed E-state index contributed by atoms with van der Waals surface area (Å²) >= 11 is 0. The highest BCUT2D eigenvalue weighted by atomic mass is 19.4. The fourth-order valence-electron chi connectivity index (χ4n) is 4.48. The number of hydrogen-bond donors (Lipinski definition) is 2. The highest BCUT2D eigenvalue weighted by Gasteiger charge is 2.39. The van der Waals surface area contributed by atoms with Gasteiger partial charge in [-0.05, 0) is 47.5 Å². The Labute approximate surface area is 246 Å². The van der Waals surface area contributed by atoms with E-state index in [4.69, 9.17) is 4.74 Å². The summed E-state index contributed by atoms with van der Waals surface area (Å²) in [5.41, 5.74) is 0.429. The molecule has 0 aliphatic rings. The van der Waals surface area contributed by atoms with Crippen molar-refractivity contribution in [1.29, 1.82) is 0 Å². The van der Waals surface area contributed by atoms with Crippen LogP contribution in [0.4, 0.5) is 29.5 Å². The first-order chi connectivity index (χ1) is 21.0. The van der Waals surface area contributed by atoms with Crippen LogP contribution in [0.2, 0.25) is 0 Å². The number of rotatable bonds is 10. The number of para-hydroxylation sites is 2. The smallest absolute Gasteiger partial charge is 0.471 e. The van der Waals surface area contributed by atoms with Crippen LogP contribution < -0.4 is 26.7 Å². The van der Waals surface area contributed by atoms with Gasteiger partial charge in [-0.1, -0.05) is 36.4 Å². The number of halogens is 4. The van der Waals surface area contributed by atoms with Gasteiger partial charge >= 0.3 is 23.5 Å². The van der Waals surface area contributed by atoms with Crippen molar-refractivity contribution < 1.29 is 27.1 Å². The van der Waals surface area contributed by atoms with E-state index in [1.54, 1.807) is 53.8 Å². The molecule has 0 aliphatic carbocycles. The molecule has 0 aliphatic heterocycles. The van der Waals surface area contributed by atoms with E-state index >= 15 is 0 Å². The molecule has 1 amide bonds. The molecule has 0 saturated heterocycles. The van der Waals surface area contributed by atoms with Gasteiger partial charge in [-0.15, -0.1) is 0 Å². The SMILES string of the molecule is COc1ccc(Cn2c(NCCn3c(NC(=O)C(F)(F)F)nc4ccccc43)nc(=O)n(Cc3ccc(F)cc3)c2=O)cc1. The molecule has 2 N–H and O–H groups in total. The summed E-state index contributed by atoms with van der Waals surface area (Å²) in [5.74, 6) is -2.46. The Balaban J connectivity index is 1.46. The number of methoxy groups -OCH3 is 1. The van der Waals surface area contributed by atoms with Crippen molar-refractivity contribution in [3.05, 3.63) is 111 Å². The molecule has 0 bridgehead atoms. The number of carbonyl (C=O) groups excluding carboxylic acids is 1. The number of benzene rings is 3. The zero-order valence-corrected chi connectivity index (χ0v) is 23.1. The molecule has 15 heteroatoms. The molecular formula is C29H25F4N7O4. The fraction of sp³-hybridized carbons (Fsp3) is 0.207. The van der Waals surface area contributed by atoms with E-state index in [-0.39, 0.29) is 38.1 Å². The highest BCUT2D eigenvalue weighted by molar-refractivity contribution is 5.95. The van der Waals surface area contributed by atoms with Crippen molar-refractivity contribution in [2.75, 3.05) is 24.3 Å². The monoisotopic (exact) mass is 611 g/mol. The summed E-state index contributed by atoms with van der Waals surface area (Å²) in [6, 6.07) is 18.7. The van der Waals surface area contributed by atoms with Crippen LogP contribution in [0.25, 0.3) is 11.0 Å². The average Bonchev–Trinajstić information content (AvgIpc) is 3.34. The molecule has 5 rings (SSSR count). The third kappa shape index (κ3) is 6.61. The van der Waals surface area contributed by atoms with E-state index < -0.39 is 29.3 Å². The second-order valence-corrected chi connectivity index (χ2v) is 9.60. The Morgan fingerprint density at radius 1 is 0.841 bits per heavy atom. The molecule has 11 nitrogen and oxygen atoms in total. The van der Waals surface area contributed by atoms with Gasteiger partial charge in [0.15, 0.2) is 0 Å². The number of nitrogens with zero attached hydrogens (tertiary/aromatic N) is 5. The first-order valence-electron chi connectivity index (χ1n) is 13.2. The molecule has 44 heavy (non-hydrogen) atoms. The lowest BCUT2D eigenvalue weighted by atomic mass is 10.2. The van der Waals surface area contributed by atoms with Crippen LogP contribution >= 0.6 is 0 Å². The first kappa shape index (κ1) is 30.0. The van der Waals surface area contributed by atoms with E-state index in [1.165, 1.54) is 40.5 Å². The van der Waals surface area contributed by atoms with Gasteiger partial charge in [0.25, 0.3) is 0 Å². The van der Waals surface area contributed by atoms with Crippen LogP contribution in [-0.4, -0.2) is 49.4 Å². The number of anilines is 2. The van der Waals surface area contributed by atoms with E-state index in [2.05, 4.69) is 15.3 Å². The normalized spacial score (nSPS) is 11.5. The van der Waals surface area contributed by atoms with Gasteiger partial charge in [0, 0.05) is 13.1 Å². The third-order valence-corrected chi connectivity index (χ3v) is 6.66. The number of carbonyl (C=O) groups is 1. The van der Waals surface area contributed by atoms with Gasteiger partial charge in [-0.2, -0.15) is 18.2 Å². The van der Waals surface area contributed by atoms with Gasteiger partial charge in [0.05, 0.1) is 31.2 Å². The fourth-order valence-corrected chi connectivity index (χ4v) is 4.48. The number of amides is 1. The summed E-state index contributed by atoms with van der Waals surface area (Å²) in [6.45, 7) is -0.198.